The Hall–Kier alpha value is -1.75. The minimum absolute atomic E-state index is 0.129. The summed E-state index contributed by atoms with van der Waals surface area (Å²) in [6, 6.07) is 5.32. The second kappa shape index (κ2) is 5.97. The zero-order valence-electron chi connectivity index (χ0n) is 9.15. The van der Waals surface area contributed by atoms with E-state index in [2.05, 4.69) is 6.58 Å². The highest BCUT2D eigenvalue weighted by Crippen LogP contribution is 2.14. The van der Waals surface area contributed by atoms with Gasteiger partial charge in [0.1, 0.15) is 11.5 Å². The van der Waals surface area contributed by atoms with E-state index < -0.39 is 5.97 Å². The third kappa shape index (κ3) is 3.13. The minimum Gasteiger partial charge on any atom is -0.508 e. The Bertz CT molecular complexity index is 390. The van der Waals surface area contributed by atoms with Crippen LogP contribution < -0.4 is 14.7 Å². The van der Waals surface area contributed by atoms with Gasteiger partial charge in [-0.15, -0.1) is 0 Å². The molecule has 0 unspecified atom stereocenters. The molecule has 4 nitrogen and oxygen atoms in total. The Labute approximate surface area is 96.8 Å². The maximum Gasteiger partial charge on any atom is 0.359 e. The van der Waals surface area contributed by atoms with Gasteiger partial charge in [0, 0.05) is 11.3 Å². The standard InChI is InChI=1S/C11H12O4Si/c1-4-11(12)15-16-10-7-8(13-2)5-6-9(10)14-3/h4-7H,1H2,2-3H3. The highest BCUT2D eigenvalue weighted by atomic mass is 28.2. The van der Waals surface area contributed by atoms with Gasteiger partial charge in [-0.05, 0) is 18.2 Å². The molecule has 0 aliphatic carbocycles. The number of hydrogen-bond donors (Lipinski definition) is 0. The third-order valence-electron chi connectivity index (χ3n) is 1.83. The molecule has 0 heterocycles. The summed E-state index contributed by atoms with van der Waals surface area (Å²) < 4.78 is 15.2. The molecule has 1 rings (SSSR count). The first-order chi connectivity index (χ1) is 7.71. The molecule has 1 aromatic carbocycles. The number of carbonyl (C=O) groups is 1. The van der Waals surface area contributed by atoms with E-state index >= 15 is 0 Å². The van der Waals surface area contributed by atoms with Crippen molar-refractivity contribution in [3.8, 4) is 11.5 Å². The number of hydrogen-bond acceptors (Lipinski definition) is 4. The normalized spacial score (nSPS) is 9.38. The van der Waals surface area contributed by atoms with Gasteiger partial charge in [0.2, 0.25) is 0 Å². The maximum absolute atomic E-state index is 10.9. The average molecular weight is 236 g/mol. The van der Waals surface area contributed by atoms with Crippen molar-refractivity contribution in [2.45, 2.75) is 0 Å². The fourth-order valence-corrected chi connectivity index (χ4v) is 1.82. The van der Waals surface area contributed by atoms with Gasteiger partial charge < -0.3 is 13.9 Å². The summed E-state index contributed by atoms with van der Waals surface area (Å²) in [5, 5.41) is 0.775. The van der Waals surface area contributed by atoms with Gasteiger partial charge in [-0.25, -0.2) is 4.79 Å². The maximum atomic E-state index is 10.9. The van der Waals surface area contributed by atoms with Crippen LogP contribution in [0.5, 0.6) is 11.5 Å². The van der Waals surface area contributed by atoms with Crippen molar-refractivity contribution in [1.29, 1.82) is 0 Å². The fourth-order valence-electron chi connectivity index (χ4n) is 1.04. The molecule has 84 valence electrons. The van der Waals surface area contributed by atoms with E-state index in [0.29, 0.717) is 11.5 Å². The molecule has 0 atom stereocenters. The van der Waals surface area contributed by atoms with E-state index in [1.54, 1.807) is 32.4 Å². The van der Waals surface area contributed by atoms with Crippen LogP contribution >= 0.6 is 0 Å². The first-order valence-corrected chi connectivity index (χ1v) is 5.43. The average Bonchev–Trinajstić information content (AvgIpc) is 2.35. The molecule has 5 heteroatoms. The molecule has 0 fully saturated rings. The van der Waals surface area contributed by atoms with Crippen molar-refractivity contribution >= 4 is 20.9 Å². The second-order valence-corrected chi connectivity index (χ2v) is 3.74. The van der Waals surface area contributed by atoms with Gasteiger partial charge in [0.15, 0.2) is 0 Å². The van der Waals surface area contributed by atoms with E-state index in [9.17, 15) is 4.79 Å². The molecule has 0 bridgehead atoms. The Morgan fingerprint density at radius 2 is 2.12 bits per heavy atom. The van der Waals surface area contributed by atoms with E-state index in [4.69, 9.17) is 13.9 Å². The molecule has 1 aromatic rings. The summed E-state index contributed by atoms with van der Waals surface area (Å²) in [6.07, 6.45) is 1.12. The van der Waals surface area contributed by atoms with Gasteiger partial charge in [0.05, 0.1) is 14.2 Å². The van der Waals surface area contributed by atoms with Crippen LogP contribution in [0.1, 0.15) is 0 Å². The zero-order valence-corrected chi connectivity index (χ0v) is 10.1. The van der Waals surface area contributed by atoms with Crippen LogP contribution in [0.25, 0.3) is 0 Å². The zero-order chi connectivity index (χ0) is 12.0. The Kier molecular flexibility index (Phi) is 4.59. The lowest BCUT2D eigenvalue weighted by Crippen LogP contribution is -2.22. The van der Waals surface area contributed by atoms with Crippen LogP contribution in [0.15, 0.2) is 30.9 Å². The van der Waals surface area contributed by atoms with Crippen LogP contribution in [-0.4, -0.2) is 30.0 Å². The molecule has 16 heavy (non-hydrogen) atoms. The molecule has 2 radical (unpaired) electrons. The van der Waals surface area contributed by atoms with Crippen molar-refractivity contribution < 1.29 is 18.7 Å². The topological polar surface area (TPSA) is 44.8 Å². The van der Waals surface area contributed by atoms with Gasteiger partial charge >= 0.3 is 15.7 Å². The summed E-state index contributed by atoms with van der Waals surface area (Å²) in [5.74, 6) is 0.900. The third-order valence-corrected chi connectivity index (χ3v) is 2.75. The van der Waals surface area contributed by atoms with Gasteiger partial charge in [-0.2, -0.15) is 0 Å². The lowest BCUT2D eigenvalue weighted by Gasteiger charge is -2.08. The van der Waals surface area contributed by atoms with E-state index in [1.165, 1.54) is 0 Å². The van der Waals surface area contributed by atoms with Crippen molar-refractivity contribution in [2.24, 2.45) is 0 Å². The first-order valence-electron chi connectivity index (χ1n) is 4.52. The van der Waals surface area contributed by atoms with Gasteiger partial charge in [-0.1, -0.05) is 6.58 Å². The Balaban J connectivity index is 2.82. The summed E-state index contributed by atoms with van der Waals surface area (Å²) in [7, 11) is 3.01. The molecule has 0 aliphatic heterocycles. The van der Waals surface area contributed by atoms with Crippen LogP contribution in [0.3, 0.4) is 0 Å². The van der Waals surface area contributed by atoms with Gasteiger partial charge in [-0.3, -0.25) is 0 Å². The monoisotopic (exact) mass is 236 g/mol. The second-order valence-electron chi connectivity index (χ2n) is 2.79. The van der Waals surface area contributed by atoms with Crippen LogP contribution in [-0.2, 0) is 9.22 Å². The van der Waals surface area contributed by atoms with Crippen molar-refractivity contribution in [2.75, 3.05) is 14.2 Å². The number of carbonyl (C=O) groups excluding carboxylic acids is 1. The van der Waals surface area contributed by atoms with E-state index in [0.717, 1.165) is 11.3 Å². The van der Waals surface area contributed by atoms with Crippen molar-refractivity contribution in [3.63, 3.8) is 0 Å². The lowest BCUT2D eigenvalue weighted by molar-refractivity contribution is -0.128. The first kappa shape index (κ1) is 12.3. The number of benzene rings is 1. The number of ether oxygens (including phenoxy) is 2. The molecule has 0 amide bonds. The fraction of sp³-hybridized carbons (Fsp3) is 0.182. The van der Waals surface area contributed by atoms with Crippen LogP contribution in [0.4, 0.5) is 0 Å². The molecule has 0 spiro atoms. The molecule has 0 aliphatic rings. The largest absolute Gasteiger partial charge is 0.508 e. The molecular formula is C11H12O4Si. The Morgan fingerprint density at radius 3 is 2.69 bits per heavy atom. The molecule has 0 N–H and O–H groups in total. The lowest BCUT2D eigenvalue weighted by atomic mass is 10.3. The predicted octanol–water partition coefficient (Wildman–Crippen LogP) is 0.677. The van der Waals surface area contributed by atoms with Crippen molar-refractivity contribution in [1.82, 2.24) is 0 Å². The predicted molar refractivity (Wildman–Crippen MR) is 61.2 cm³/mol. The minimum atomic E-state index is -0.455. The van der Waals surface area contributed by atoms with Crippen molar-refractivity contribution in [3.05, 3.63) is 30.9 Å². The summed E-state index contributed by atoms with van der Waals surface area (Å²) in [4.78, 5) is 10.9. The summed E-state index contributed by atoms with van der Waals surface area (Å²) >= 11 is 0. The SMILES string of the molecule is C=CC(=O)O[Si]c1cc(OC)ccc1OC. The molecular weight excluding hydrogens is 224 g/mol. The summed E-state index contributed by atoms with van der Waals surface area (Å²) in [5.41, 5.74) is 0. The molecule has 0 saturated carbocycles. The van der Waals surface area contributed by atoms with Crippen LogP contribution in [0, 0.1) is 0 Å². The molecule has 0 aromatic heterocycles. The molecule has 0 saturated heterocycles. The number of methoxy groups -OCH3 is 2. The summed E-state index contributed by atoms with van der Waals surface area (Å²) in [6.45, 7) is 3.32. The Morgan fingerprint density at radius 1 is 1.38 bits per heavy atom. The highest BCUT2D eigenvalue weighted by Gasteiger charge is 2.09. The van der Waals surface area contributed by atoms with E-state index in [-0.39, 0.29) is 9.76 Å². The quantitative estimate of drug-likeness (QED) is 0.557. The number of rotatable bonds is 5. The van der Waals surface area contributed by atoms with Crippen LogP contribution in [0.2, 0.25) is 0 Å². The highest BCUT2D eigenvalue weighted by molar-refractivity contribution is 6.50. The smallest absolute Gasteiger partial charge is 0.359 e. The van der Waals surface area contributed by atoms with Gasteiger partial charge in [0.25, 0.3) is 0 Å². The van der Waals surface area contributed by atoms with E-state index in [1.807, 2.05) is 0 Å².